The average molecular weight is 1450 g/mol. The number of nitrogens with two attached hydrogens (primary N) is 1. The number of nitrogens with one attached hydrogen (secondary N) is 1. The Morgan fingerprint density at radius 2 is 1.43 bits per heavy atom. The number of carbonyl (C=O) groups is 1. The second kappa shape index (κ2) is 30.3. The van der Waals surface area contributed by atoms with Crippen LogP contribution in [0.5, 0.6) is 0 Å². The standard InChI is InChI=1S/C28H24FN7OS.C27H28N6O2.C19H26N4O5S2/c1-34-26(37)24-25(36-21-8-4-7-20(21)32-28(34)36)33-35(27(24)38-23-10-2-3-15-30-23)16-17-11-13-18(14-12-17)19-6-5-9-22(29)31-19;1-19(2)15-33-23-17-32(16-20-9-11-22(12-10-20)31-14-13-28-18-31)25(29-21-7-5-4-6-8-21)24(23)26(34)30(3)27(33)35;1-12(2)11-23-16(20)15(18(24)22(3)19(23)25)17(29(4)26)21-10-13-6-8-14(9-7-13)30(5,27)28/h2-3,5-6,9-15,20-21H,4,7-8,16H2,1H3;4-14,17-19,29H,15-16H2,1-3H3;6-9,12H,10-11,20H2,1-5H3/t20-,21+;;/m1../s1. The van der Waals surface area contributed by atoms with E-state index < -0.39 is 37.8 Å². The van der Waals surface area contributed by atoms with Crippen LogP contribution in [-0.2, 0) is 67.5 Å². The summed E-state index contributed by atoms with van der Waals surface area (Å²) in [6.07, 6.45) is 14.8. The van der Waals surface area contributed by atoms with Crippen molar-refractivity contribution in [2.24, 2.45) is 35.9 Å². The van der Waals surface area contributed by atoms with Gasteiger partial charge in [-0.2, -0.15) is 9.49 Å². The van der Waals surface area contributed by atoms with Crippen molar-refractivity contribution in [3.05, 3.63) is 246 Å². The first-order valence-electron chi connectivity index (χ1n) is 33.4. The largest absolute Gasteiger partial charge is 0.384 e. The zero-order chi connectivity index (χ0) is 73.1. The van der Waals surface area contributed by atoms with E-state index >= 15 is 0 Å². The van der Waals surface area contributed by atoms with Crippen molar-refractivity contribution < 1.29 is 21.8 Å². The van der Waals surface area contributed by atoms with Crippen molar-refractivity contribution in [3.63, 3.8) is 0 Å². The third-order valence-electron chi connectivity index (χ3n) is 17.8. The highest BCUT2D eigenvalue weighted by Gasteiger charge is 2.49. The van der Waals surface area contributed by atoms with Crippen molar-refractivity contribution in [1.29, 1.82) is 0 Å². The lowest BCUT2D eigenvalue weighted by Crippen LogP contribution is -2.51. The van der Waals surface area contributed by atoms with Crippen molar-refractivity contribution in [2.75, 3.05) is 35.5 Å². The number of guanidine groups is 1. The minimum Gasteiger partial charge on any atom is -0.384 e. The molecule has 7 aromatic heterocycles. The SMILES string of the molecule is CC(C)Cn1c(=O)n(C)c(=O)c2c(Nc3ccccc3)n(Cc3ccc(-n4ccnc4)cc3)cc21.CC(C)Cn1c(N)c(C(=NCc2ccc(S(C)(=O)=O)cc2)S(C)=O)c(=O)n(C)c1=O.CN1C(=O)c2c(nn(Cc3ccc(-c4cccc(F)n4)cc3)c2Sc2ccccn2)N2C1=N[C@@H]1CCC[C@@H]12. The van der Waals surface area contributed by atoms with Gasteiger partial charge in [-0.25, -0.2) is 38.0 Å². The Kier molecular flexibility index (Phi) is 21.2. The Hall–Kier alpha value is -10.9. The molecule has 0 saturated heterocycles. The maximum Gasteiger partial charge on any atom is 0.332 e. The third-order valence-corrected chi connectivity index (χ3v) is 20.8. The number of para-hydroxylation sites is 1. The van der Waals surface area contributed by atoms with Gasteiger partial charge in [-0.1, -0.05) is 107 Å². The summed E-state index contributed by atoms with van der Waals surface area (Å²) in [6.45, 7) is 9.81. The number of nitrogens with zero attached hydrogens (tertiary/aromatic N) is 15. The van der Waals surface area contributed by atoms with Crippen molar-refractivity contribution in [1.82, 2.24) is 57.0 Å². The van der Waals surface area contributed by atoms with E-state index in [2.05, 4.69) is 56.1 Å². The lowest BCUT2D eigenvalue weighted by atomic mass is 10.1. The number of benzene rings is 4. The molecule has 29 heteroatoms. The summed E-state index contributed by atoms with van der Waals surface area (Å²) < 4.78 is 60.1. The normalized spacial score (nSPS) is 15.2. The van der Waals surface area contributed by atoms with Crippen LogP contribution < -0.4 is 38.4 Å². The number of fused-ring (bicyclic) bond motifs is 6. The number of rotatable bonds is 18. The van der Waals surface area contributed by atoms with Crippen LogP contribution in [0.3, 0.4) is 0 Å². The molecule has 3 aliphatic rings. The van der Waals surface area contributed by atoms with Gasteiger partial charge >= 0.3 is 11.4 Å². The Labute approximate surface area is 599 Å². The number of sulfone groups is 1. The minimum atomic E-state index is -3.32. The van der Waals surface area contributed by atoms with Crippen molar-refractivity contribution in [3.8, 4) is 16.9 Å². The molecule has 4 aromatic carbocycles. The molecular formula is C74H78FN17O8S3. The van der Waals surface area contributed by atoms with Crippen molar-refractivity contribution in [2.45, 2.75) is 107 Å². The summed E-state index contributed by atoms with van der Waals surface area (Å²) in [7, 11) is -0.303. The van der Waals surface area contributed by atoms with Crippen molar-refractivity contribution >= 4 is 83.4 Å². The fourth-order valence-electron chi connectivity index (χ4n) is 12.7. The molecule has 11 aromatic rings. The molecule has 1 aliphatic carbocycles. The summed E-state index contributed by atoms with van der Waals surface area (Å²) >= 11 is 1.45. The van der Waals surface area contributed by atoms with Crippen LogP contribution in [0.15, 0.2) is 215 Å². The highest BCUT2D eigenvalue weighted by Crippen LogP contribution is 2.44. The fourth-order valence-corrected chi connectivity index (χ4v) is 15.0. The molecule has 0 bridgehead atoms. The first-order chi connectivity index (χ1) is 49.3. The minimum absolute atomic E-state index is 0.0159. The molecule has 2 aliphatic heterocycles. The molecule has 0 radical (unpaired) electrons. The molecule has 3 N–H and O–H groups in total. The lowest BCUT2D eigenvalue weighted by Gasteiger charge is -2.34. The molecule has 9 heterocycles. The zero-order valence-electron chi connectivity index (χ0n) is 58.3. The van der Waals surface area contributed by atoms with E-state index in [0.29, 0.717) is 71.5 Å². The molecule has 532 valence electrons. The van der Waals surface area contributed by atoms with E-state index in [1.54, 1.807) is 66.5 Å². The first-order valence-corrected chi connectivity index (χ1v) is 37.6. The summed E-state index contributed by atoms with van der Waals surface area (Å²) in [5.41, 5.74) is 11.5. The summed E-state index contributed by atoms with van der Waals surface area (Å²) in [6, 6.07) is 42.8. The molecule has 1 unspecified atom stereocenters. The molecule has 25 nitrogen and oxygen atoms in total. The molecule has 1 saturated carbocycles. The topological polar surface area (TPSA) is 292 Å². The number of aliphatic imine (C=N–C) groups is 2. The highest BCUT2D eigenvalue weighted by atomic mass is 32.2. The lowest BCUT2D eigenvalue weighted by molar-refractivity contribution is 0.0861. The summed E-state index contributed by atoms with van der Waals surface area (Å²) in [4.78, 5) is 91.0. The Bertz CT molecular complexity index is 5440. The number of hydrogen-bond acceptors (Lipinski definition) is 18. The van der Waals surface area contributed by atoms with Gasteiger partial charge in [0.25, 0.3) is 17.0 Å². The molecule has 103 heavy (non-hydrogen) atoms. The Morgan fingerprint density at radius 3 is 2.08 bits per heavy atom. The van der Waals surface area contributed by atoms with Gasteiger partial charge in [0, 0.05) is 95.0 Å². The fraction of sp³-hybridized carbons (Fsp3) is 0.284. The van der Waals surface area contributed by atoms with E-state index in [1.807, 2.05) is 125 Å². The molecular weight excluding hydrogens is 1370 g/mol. The number of imidazole rings is 1. The van der Waals surface area contributed by atoms with Crippen LogP contribution >= 0.6 is 11.8 Å². The number of aromatic nitrogens is 11. The number of amides is 1. The van der Waals surface area contributed by atoms with Gasteiger partial charge in [0.1, 0.15) is 43.2 Å². The molecule has 14 rings (SSSR count). The van der Waals surface area contributed by atoms with Gasteiger partial charge in [-0.05, 0) is 120 Å². The number of halogens is 1. The Balaban J connectivity index is 0.000000147. The van der Waals surface area contributed by atoms with E-state index in [0.717, 1.165) is 68.2 Å². The number of hydrogen-bond donors (Lipinski definition) is 2. The van der Waals surface area contributed by atoms with Crippen LogP contribution in [0.25, 0.3) is 27.8 Å². The number of carbonyl (C=O) groups excluding carboxylic acids is 1. The molecule has 0 spiro atoms. The maximum atomic E-state index is 13.7. The predicted octanol–water partition coefficient (Wildman–Crippen LogP) is 9.51. The average Bonchev–Trinajstić information content (AvgIpc) is 1.58. The molecule has 1 amide bonds. The number of nitrogen functional groups attached to an aromatic ring is 1. The second-order valence-corrected chi connectivity index (χ2v) is 30.6. The van der Waals surface area contributed by atoms with Gasteiger partial charge in [0.15, 0.2) is 15.7 Å². The number of pyridine rings is 2. The van der Waals surface area contributed by atoms with E-state index in [9.17, 15) is 41.0 Å². The second-order valence-electron chi connectivity index (χ2n) is 26.3. The number of anilines is 4. The van der Waals surface area contributed by atoms with Gasteiger partial charge < -0.3 is 20.2 Å². The first kappa shape index (κ1) is 71.9. The summed E-state index contributed by atoms with van der Waals surface area (Å²) in [5, 5.41) is 10.5. The third kappa shape index (κ3) is 15.3. The quantitative estimate of drug-likeness (QED) is 0.0459. The van der Waals surface area contributed by atoms with Crippen LogP contribution in [-0.4, -0.2) is 118 Å². The maximum absolute atomic E-state index is 13.7. The Morgan fingerprint density at radius 1 is 0.767 bits per heavy atom. The van der Waals surface area contributed by atoms with Crippen LogP contribution in [0.2, 0.25) is 0 Å². The van der Waals surface area contributed by atoms with Crippen LogP contribution in [0.4, 0.5) is 27.5 Å². The monoisotopic (exact) mass is 1450 g/mol. The predicted molar refractivity (Wildman–Crippen MR) is 400 cm³/mol. The van der Waals surface area contributed by atoms with Gasteiger partial charge in [-0.3, -0.25) is 56.3 Å². The molecule has 3 atom stereocenters. The molecule has 1 fully saturated rings. The smallest absolute Gasteiger partial charge is 0.332 e. The van der Waals surface area contributed by atoms with E-state index in [-0.39, 0.29) is 68.9 Å². The van der Waals surface area contributed by atoms with Gasteiger partial charge in [0.2, 0.25) is 11.9 Å². The van der Waals surface area contributed by atoms with E-state index in [4.69, 9.17) is 15.8 Å². The highest BCUT2D eigenvalue weighted by molar-refractivity contribution is 8.00. The van der Waals surface area contributed by atoms with E-state index in [1.165, 1.54) is 52.4 Å². The van der Waals surface area contributed by atoms with Crippen LogP contribution in [0, 0.1) is 17.8 Å². The zero-order valence-corrected chi connectivity index (χ0v) is 60.7. The van der Waals surface area contributed by atoms with Crippen LogP contribution in [0.1, 0.15) is 79.6 Å². The van der Waals surface area contributed by atoms with Gasteiger partial charge in [0.05, 0.1) is 58.4 Å². The van der Waals surface area contributed by atoms with Gasteiger partial charge in [-0.15, -0.1) is 0 Å². The summed E-state index contributed by atoms with van der Waals surface area (Å²) in [5.74, 6) is 1.71.